The van der Waals surface area contributed by atoms with Crippen LogP contribution in [0.5, 0.6) is 0 Å². The van der Waals surface area contributed by atoms with Crippen LogP contribution in [0.25, 0.3) is 0 Å². The van der Waals surface area contributed by atoms with Crippen molar-refractivity contribution in [2.75, 3.05) is 20.1 Å². The van der Waals surface area contributed by atoms with Gasteiger partial charge in [0.2, 0.25) is 0 Å². The Morgan fingerprint density at radius 2 is 1.67 bits per heavy atom. The number of rotatable bonds is 5. The van der Waals surface area contributed by atoms with Crippen LogP contribution in [0.3, 0.4) is 0 Å². The molecule has 1 saturated heterocycles. The lowest BCUT2D eigenvalue weighted by Gasteiger charge is -2.25. The van der Waals surface area contributed by atoms with Crippen LogP contribution >= 0.6 is 0 Å². The molecular weight excluding hydrogens is 258 g/mol. The summed E-state index contributed by atoms with van der Waals surface area (Å²) in [6.07, 6.45) is 0. The SMILES string of the molecule is CN(Cc1ccccc1)CC1CNNC1c1ccccc1. The highest BCUT2D eigenvalue weighted by Crippen LogP contribution is 2.25. The number of benzene rings is 2. The van der Waals surface area contributed by atoms with E-state index in [-0.39, 0.29) is 0 Å². The molecule has 1 fully saturated rings. The molecule has 2 N–H and O–H groups in total. The second kappa shape index (κ2) is 6.85. The van der Waals surface area contributed by atoms with Crippen LogP contribution in [0, 0.1) is 5.92 Å². The number of nitrogens with zero attached hydrogens (tertiary/aromatic N) is 1. The highest BCUT2D eigenvalue weighted by molar-refractivity contribution is 5.21. The fourth-order valence-electron chi connectivity index (χ4n) is 3.08. The molecular formula is C18H23N3. The van der Waals surface area contributed by atoms with E-state index in [1.165, 1.54) is 11.1 Å². The standard InChI is InChI=1S/C18H23N3/c1-21(13-15-8-4-2-5-9-15)14-17-12-19-20-18(17)16-10-6-3-7-11-16/h2-11,17-20H,12-14H2,1H3. The van der Waals surface area contributed by atoms with Crippen molar-refractivity contribution in [1.82, 2.24) is 15.8 Å². The lowest BCUT2D eigenvalue weighted by atomic mass is 9.94. The summed E-state index contributed by atoms with van der Waals surface area (Å²) in [5.74, 6) is 0.584. The summed E-state index contributed by atoms with van der Waals surface area (Å²) in [6.45, 7) is 3.09. The van der Waals surface area contributed by atoms with Crippen molar-refractivity contribution in [3.63, 3.8) is 0 Å². The number of hydrogen-bond acceptors (Lipinski definition) is 3. The second-order valence-electron chi connectivity index (χ2n) is 5.86. The molecule has 3 heteroatoms. The Kier molecular flexibility index (Phi) is 4.65. The minimum Gasteiger partial charge on any atom is -0.302 e. The molecule has 0 bridgehead atoms. The molecule has 0 spiro atoms. The molecule has 1 aliphatic rings. The first-order chi connectivity index (χ1) is 10.3. The predicted molar refractivity (Wildman–Crippen MR) is 86.6 cm³/mol. The van der Waals surface area contributed by atoms with E-state index in [9.17, 15) is 0 Å². The van der Waals surface area contributed by atoms with Gasteiger partial charge in [-0.25, -0.2) is 5.43 Å². The van der Waals surface area contributed by atoms with Crippen LogP contribution in [-0.2, 0) is 6.54 Å². The van der Waals surface area contributed by atoms with Crippen LogP contribution in [0.15, 0.2) is 60.7 Å². The molecule has 2 unspecified atom stereocenters. The molecule has 3 rings (SSSR count). The van der Waals surface area contributed by atoms with Crippen LogP contribution in [-0.4, -0.2) is 25.0 Å². The molecule has 2 atom stereocenters. The van der Waals surface area contributed by atoms with Gasteiger partial charge in [-0.2, -0.15) is 0 Å². The van der Waals surface area contributed by atoms with Crippen molar-refractivity contribution >= 4 is 0 Å². The van der Waals surface area contributed by atoms with Gasteiger partial charge in [-0.1, -0.05) is 60.7 Å². The minimum atomic E-state index is 0.393. The van der Waals surface area contributed by atoms with E-state index < -0.39 is 0 Å². The van der Waals surface area contributed by atoms with E-state index in [1.807, 2.05) is 0 Å². The Bertz CT molecular complexity index is 541. The maximum atomic E-state index is 3.42. The van der Waals surface area contributed by atoms with Gasteiger partial charge in [0.05, 0.1) is 6.04 Å². The summed E-state index contributed by atoms with van der Waals surface area (Å²) >= 11 is 0. The van der Waals surface area contributed by atoms with Gasteiger partial charge in [-0.15, -0.1) is 0 Å². The quantitative estimate of drug-likeness (QED) is 0.882. The van der Waals surface area contributed by atoms with E-state index in [0.717, 1.165) is 19.6 Å². The van der Waals surface area contributed by atoms with Gasteiger partial charge in [-0.05, 0) is 18.2 Å². The molecule has 0 radical (unpaired) electrons. The van der Waals surface area contributed by atoms with Crippen molar-refractivity contribution < 1.29 is 0 Å². The zero-order valence-corrected chi connectivity index (χ0v) is 12.5. The summed E-state index contributed by atoms with van der Waals surface area (Å²) < 4.78 is 0. The van der Waals surface area contributed by atoms with E-state index in [0.29, 0.717) is 12.0 Å². The van der Waals surface area contributed by atoms with Gasteiger partial charge < -0.3 is 4.90 Å². The van der Waals surface area contributed by atoms with E-state index in [4.69, 9.17) is 0 Å². The van der Waals surface area contributed by atoms with Gasteiger partial charge in [0.25, 0.3) is 0 Å². The maximum absolute atomic E-state index is 3.42. The Morgan fingerprint density at radius 1 is 1.00 bits per heavy atom. The first-order valence-electron chi connectivity index (χ1n) is 7.59. The Labute approximate surface area is 127 Å². The molecule has 0 aromatic heterocycles. The molecule has 0 amide bonds. The normalized spacial score (nSPS) is 21.8. The van der Waals surface area contributed by atoms with Gasteiger partial charge in [0.15, 0.2) is 0 Å². The lowest BCUT2D eigenvalue weighted by molar-refractivity contribution is 0.262. The molecule has 3 nitrogen and oxygen atoms in total. The third kappa shape index (κ3) is 3.70. The average molecular weight is 281 g/mol. The highest BCUT2D eigenvalue weighted by atomic mass is 15.4. The van der Waals surface area contributed by atoms with Crippen molar-refractivity contribution in [2.24, 2.45) is 5.92 Å². The van der Waals surface area contributed by atoms with Crippen molar-refractivity contribution in [2.45, 2.75) is 12.6 Å². The maximum Gasteiger partial charge on any atom is 0.0515 e. The van der Waals surface area contributed by atoms with E-state index in [2.05, 4.69) is 83.5 Å². The first kappa shape index (κ1) is 14.3. The first-order valence-corrected chi connectivity index (χ1v) is 7.59. The van der Waals surface area contributed by atoms with Crippen LogP contribution in [0.2, 0.25) is 0 Å². The molecule has 0 saturated carbocycles. The number of hydrazine groups is 1. The summed E-state index contributed by atoms with van der Waals surface area (Å²) in [7, 11) is 2.20. The van der Waals surface area contributed by atoms with Crippen molar-refractivity contribution in [1.29, 1.82) is 0 Å². The number of hydrogen-bond donors (Lipinski definition) is 2. The lowest BCUT2D eigenvalue weighted by Crippen LogP contribution is -2.30. The Morgan fingerprint density at radius 3 is 2.38 bits per heavy atom. The minimum absolute atomic E-state index is 0.393. The molecule has 21 heavy (non-hydrogen) atoms. The van der Waals surface area contributed by atoms with E-state index in [1.54, 1.807) is 0 Å². The van der Waals surface area contributed by atoms with E-state index >= 15 is 0 Å². The van der Waals surface area contributed by atoms with Crippen LogP contribution in [0.4, 0.5) is 0 Å². The molecule has 110 valence electrons. The van der Waals surface area contributed by atoms with Gasteiger partial charge in [0.1, 0.15) is 0 Å². The van der Waals surface area contributed by atoms with Crippen molar-refractivity contribution in [3.8, 4) is 0 Å². The third-order valence-corrected chi connectivity index (χ3v) is 4.09. The van der Waals surface area contributed by atoms with Crippen LogP contribution < -0.4 is 10.9 Å². The Hall–Kier alpha value is -1.68. The average Bonchev–Trinajstić information content (AvgIpc) is 2.97. The molecule has 1 heterocycles. The third-order valence-electron chi connectivity index (χ3n) is 4.09. The summed E-state index contributed by atoms with van der Waals surface area (Å²) in [5, 5.41) is 0. The van der Waals surface area contributed by atoms with Gasteiger partial charge in [0, 0.05) is 25.6 Å². The van der Waals surface area contributed by atoms with Gasteiger partial charge in [-0.3, -0.25) is 5.43 Å². The highest BCUT2D eigenvalue weighted by Gasteiger charge is 2.28. The summed E-state index contributed by atoms with van der Waals surface area (Å²) in [6, 6.07) is 21.8. The second-order valence-corrected chi connectivity index (χ2v) is 5.86. The largest absolute Gasteiger partial charge is 0.302 e. The zero-order chi connectivity index (χ0) is 14.5. The number of nitrogens with one attached hydrogen (secondary N) is 2. The van der Waals surface area contributed by atoms with Crippen molar-refractivity contribution in [3.05, 3.63) is 71.8 Å². The van der Waals surface area contributed by atoms with Gasteiger partial charge >= 0.3 is 0 Å². The topological polar surface area (TPSA) is 27.3 Å². The molecule has 2 aromatic carbocycles. The molecule has 0 aliphatic carbocycles. The zero-order valence-electron chi connectivity index (χ0n) is 12.5. The fraction of sp³-hybridized carbons (Fsp3) is 0.333. The predicted octanol–water partition coefficient (Wildman–Crippen LogP) is 2.58. The van der Waals surface area contributed by atoms with Crippen LogP contribution in [0.1, 0.15) is 17.2 Å². The molecule has 2 aromatic rings. The monoisotopic (exact) mass is 281 g/mol. The summed E-state index contributed by atoms with van der Waals surface area (Å²) in [4.78, 5) is 2.41. The molecule has 1 aliphatic heterocycles. The fourth-order valence-corrected chi connectivity index (χ4v) is 3.08. The summed E-state index contributed by atoms with van der Waals surface area (Å²) in [5.41, 5.74) is 9.46. The smallest absolute Gasteiger partial charge is 0.0515 e. The Balaban J connectivity index is 1.61.